The second-order valence-corrected chi connectivity index (χ2v) is 2.65. The van der Waals surface area contributed by atoms with E-state index < -0.39 is 12.0 Å². The number of hydrogen-bond acceptors (Lipinski definition) is 4. The number of rotatable bonds is 2. The Hall–Kier alpha value is -2.30. The minimum absolute atomic E-state index is 0.0613. The molecule has 16 heavy (non-hydrogen) atoms. The first kappa shape index (κ1) is 11.8. The molecule has 0 fully saturated rings. The Labute approximate surface area is 88.4 Å². The van der Waals surface area contributed by atoms with Gasteiger partial charge < -0.3 is 5.73 Å². The number of amidine groups is 1. The number of alkyl halides is 3. The highest BCUT2D eigenvalue weighted by Crippen LogP contribution is 2.14. The molecule has 0 unspecified atom stereocenters. The average molecular weight is 229 g/mol. The number of anilines is 1. The van der Waals surface area contributed by atoms with E-state index in [2.05, 4.69) is 15.8 Å². The van der Waals surface area contributed by atoms with Crippen molar-refractivity contribution in [3.8, 4) is 6.07 Å². The summed E-state index contributed by atoms with van der Waals surface area (Å²) in [5.41, 5.74) is 6.95. The van der Waals surface area contributed by atoms with Crippen molar-refractivity contribution >= 4 is 11.7 Å². The van der Waals surface area contributed by atoms with Crippen LogP contribution in [-0.4, -0.2) is 17.0 Å². The molecule has 0 amide bonds. The van der Waals surface area contributed by atoms with Crippen LogP contribution >= 0.6 is 0 Å². The van der Waals surface area contributed by atoms with E-state index >= 15 is 0 Å². The van der Waals surface area contributed by atoms with E-state index in [1.54, 1.807) is 0 Å². The highest BCUT2D eigenvalue weighted by molar-refractivity contribution is 5.86. The molecule has 0 aliphatic heterocycles. The maximum atomic E-state index is 11.9. The van der Waals surface area contributed by atoms with Crippen molar-refractivity contribution in [1.82, 2.24) is 4.98 Å². The van der Waals surface area contributed by atoms with Gasteiger partial charge in [-0.3, -0.25) is 5.43 Å². The zero-order valence-electron chi connectivity index (χ0n) is 7.78. The molecule has 0 aliphatic rings. The normalized spacial score (nSPS) is 12.0. The number of hydrazone groups is 1. The molecule has 84 valence electrons. The molecule has 1 rings (SSSR count). The third-order valence-electron chi connectivity index (χ3n) is 1.47. The van der Waals surface area contributed by atoms with E-state index in [-0.39, 0.29) is 5.82 Å². The zero-order chi connectivity index (χ0) is 12.2. The first-order valence-electron chi connectivity index (χ1n) is 3.96. The van der Waals surface area contributed by atoms with E-state index in [1.165, 1.54) is 18.3 Å². The summed E-state index contributed by atoms with van der Waals surface area (Å²) in [5, 5.41) is 11.3. The second kappa shape index (κ2) is 4.48. The summed E-state index contributed by atoms with van der Waals surface area (Å²) in [4.78, 5) is 3.64. The number of nitrogens with two attached hydrogens (primary N) is 1. The molecule has 0 radical (unpaired) electrons. The van der Waals surface area contributed by atoms with Crippen molar-refractivity contribution in [2.24, 2.45) is 10.8 Å². The fourth-order valence-corrected chi connectivity index (χ4v) is 0.707. The van der Waals surface area contributed by atoms with Gasteiger partial charge in [-0.1, -0.05) is 0 Å². The monoisotopic (exact) mass is 229 g/mol. The largest absolute Gasteiger partial charge is 0.450 e. The van der Waals surface area contributed by atoms with Crippen molar-refractivity contribution in [3.63, 3.8) is 0 Å². The summed E-state index contributed by atoms with van der Waals surface area (Å²) in [7, 11) is 0. The van der Waals surface area contributed by atoms with Gasteiger partial charge >= 0.3 is 6.18 Å². The highest BCUT2D eigenvalue weighted by atomic mass is 19.4. The van der Waals surface area contributed by atoms with Crippen molar-refractivity contribution in [2.75, 3.05) is 5.43 Å². The summed E-state index contributed by atoms with van der Waals surface area (Å²) in [6.07, 6.45) is -3.48. The van der Waals surface area contributed by atoms with E-state index in [1.807, 2.05) is 11.5 Å². The van der Waals surface area contributed by atoms with Gasteiger partial charge in [0.1, 0.15) is 11.9 Å². The molecule has 0 saturated heterocycles. The number of nitrogens with one attached hydrogen (secondary N) is 1. The van der Waals surface area contributed by atoms with Gasteiger partial charge in [0.05, 0.1) is 5.56 Å². The molecular weight excluding hydrogens is 223 g/mol. The zero-order valence-corrected chi connectivity index (χ0v) is 7.78. The van der Waals surface area contributed by atoms with Crippen LogP contribution in [0, 0.1) is 11.3 Å². The SMILES string of the molecule is N#Cc1ccc(N/N=C(\N)C(F)(F)F)nc1. The van der Waals surface area contributed by atoms with Gasteiger partial charge in [-0.05, 0) is 12.1 Å². The predicted molar refractivity (Wildman–Crippen MR) is 50.3 cm³/mol. The minimum atomic E-state index is -4.68. The molecule has 5 nitrogen and oxygen atoms in total. The summed E-state index contributed by atoms with van der Waals surface area (Å²) in [5.74, 6) is -1.44. The van der Waals surface area contributed by atoms with E-state index in [9.17, 15) is 13.2 Å². The van der Waals surface area contributed by atoms with Gasteiger partial charge in [0, 0.05) is 6.20 Å². The number of hydrogen-bond donors (Lipinski definition) is 2. The molecule has 8 heteroatoms. The number of aromatic nitrogens is 1. The molecule has 3 N–H and O–H groups in total. The van der Waals surface area contributed by atoms with Gasteiger partial charge in [0.15, 0.2) is 0 Å². The predicted octanol–water partition coefficient (Wildman–Crippen LogP) is 1.20. The van der Waals surface area contributed by atoms with Crippen LogP contribution in [0.1, 0.15) is 5.56 Å². The third kappa shape index (κ3) is 3.13. The van der Waals surface area contributed by atoms with Gasteiger partial charge in [0.2, 0.25) is 5.84 Å². The van der Waals surface area contributed by atoms with Gasteiger partial charge in [-0.15, -0.1) is 0 Å². The first-order chi connectivity index (χ1) is 7.43. The fraction of sp³-hybridized carbons (Fsp3) is 0.125. The van der Waals surface area contributed by atoms with Crippen LogP contribution in [0.4, 0.5) is 19.0 Å². The molecule has 0 atom stereocenters. The van der Waals surface area contributed by atoms with Crippen LogP contribution in [0.15, 0.2) is 23.4 Å². The van der Waals surface area contributed by atoms with Crippen molar-refractivity contribution in [2.45, 2.75) is 6.18 Å². The average Bonchev–Trinajstić information content (AvgIpc) is 2.25. The van der Waals surface area contributed by atoms with Gasteiger partial charge in [-0.25, -0.2) is 4.98 Å². The molecule has 1 heterocycles. The van der Waals surface area contributed by atoms with Crippen LogP contribution < -0.4 is 11.2 Å². The van der Waals surface area contributed by atoms with E-state index in [4.69, 9.17) is 5.26 Å². The summed E-state index contributed by atoms with van der Waals surface area (Å²) >= 11 is 0. The number of halogens is 3. The Kier molecular flexibility index (Phi) is 3.30. The molecule has 0 aromatic carbocycles. The lowest BCUT2D eigenvalue weighted by Gasteiger charge is -2.05. The van der Waals surface area contributed by atoms with E-state index in [0.717, 1.165) is 0 Å². The lowest BCUT2D eigenvalue weighted by molar-refractivity contribution is -0.0599. The van der Waals surface area contributed by atoms with Crippen molar-refractivity contribution in [3.05, 3.63) is 23.9 Å². The Morgan fingerprint density at radius 2 is 2.19 bits per heavy atom. The van der Waals surface area contributed by atoms with Crippen LogP contribution in [0.25, 0.3) is 0 Å². The first-order valence-corrected chi connectivity index (χ1v) is 3.96. The topological polar surface area (TPSA) is 87.1 Å². The van der Waals surface area contributed by atoms with Crippen LogP contribution in [-0.2, 0) is 0 Å². The quantitative estimate of drug-likeness (QED) is 0.453. The molecular formula is C8H6F3N5. The second-order valence-electron chi connectivity index (χ2n) is 2.65. The summed E-state index contributed by atoms with van der Waals surface area (Å²) in [6.45, 7) is 0. The van der Waals surface area contributed by atoms with Crippen LogP contribution in [0.3, 0.4) is 0 Å². The van der Waals surface area contributed by atoms with Gasteiger partial charge in [-0.2, -0.15) is 23.5 Å². The Morgan fingerprint density at radius 3 is 2.62 bits per heavy atom. The lowest BCUT2D eigenvalue weighted by Crippen LogP contribution is -2.32. The van der Waals surface area contributed by atoms with E-state index in [0.29, 0.717) is 5.56 Å². The number of nitrogens with zero attached hydrogens (tertiary/aromatic N) is 3. The molecule has 1 aromatic heterocycles. The third-order valence-corrected chi connectivity index (χ3v) is 1.47. The highest BCUT2D eigenvalue weighted by Gasteiger charge is 2.33. The van der Waals surface area contributed by atoms with Crippen molar-refractivity contribution < 1.29 is 13.2 Å². The smallest absolute Gasteiger partial charge is 0.378 e. The molecule has 0 bridgehead atoms. The Bertz CT molecular complexity index is 428. The minimum Gasteiger partial charge on any atom is -0.378 e. The van der Waals surface area contributed by atoms with Crippen LogP contribution in [0.2, 0.25) is 0 Å². The lowest BCUT2D eigenvalue weighted by atomic mass is 10.3. The van der Waals surface area contributed by atoms with Crippen molar-refractivity contribution in [1.29, 1.82) is 5.26 Å². The molecule has 0 spiro atoms. The molecule has 0 saturated carbocycles. The fourth-order valence-electron chi connectivity index (χ4n) is 0.707. The summed E-state index contributed by atoms with van der Waals surface area (Å²) in [6, 6.07) is 4.51. The summed E-state index contributed by atoms with van der Waals surface area (Å²) < 4.78 is 35.7. The maximum Gasteiger partial charge on any atom is 0.450 e. The Balaban J connectivity index is 2.72. The maximum absolute atomic E-state index is 11.9. The Morgan fingerprint density at radius 1 is 1.50 bits per heavy atom. The molecule has 1 aromatic rings. The standard InChI is InChI=1S/C8H6F3N5/c9-8(10,11)7(13)16-15-6-2-1-5(3-12)4-14-6/h1-2,4H,(H2,13,16)(H,14,15). The number of pyridine rings is 1. The number of nitriles is 1. The molecule has 0 aliphatic carbocycles. The van der Waals surface area contributed by atoms with Gasteiger partial charge in [0.25, 0.3) is 0 Å². The van der Waals surface area contributed by atoms with Crippen LogP contribution in [0.5, 0.6) is 0 Å².